The summed E-state index contributed by atoms with van der Waals surface area (Å²) in [5.74, 6) is 0.0833. The molecule has 1 saturated heterocycles. The number of hydrogen-bond donors (Lipinski definition) is 1. The second-order valence-corrected chi connectivity index (χ2v) is 8.08. The molecule has 1 fully saturated rings. The van der Waals surface area contributed by atoms with E-state index in [9.17, 15) is 9.59 Å². The zero-order valence-corrected chi connectivity index (χ0v) is 18.3. The van der Waals surface area contributed by atoms with Gasteiger partial charge in [0.2, 0.25) is 0 Å². The van der Waals surface area contributed by atoms with Crippen LogP contribution in [0.2, 0.25) is 0 Å². The maximum Gasteiger partial charge on any atom is 0.336 e. The van der Waals surface area contributed by atoms with Gasteiger partial charge in [-0.15, -0.1) is 0 Å². The van der Waals surface area contributed by atoms with E-state index in [2.05, 4.69) is 5.32 Å². The summed E-state index contributed by atoms with van der Waals surface area (Å²) in [6.07, 6.45) is 3.79. The molecule has 0 radical (unpaired) electrons. The van der Waals surface area contributed by atoms with Crippen molar-refractivity contribution in [1.29, 1.82) is 0 Å². The number of benzene rings is 1. The van der Waals surface area contributed by atoms with Crippen molar-refractivity contribution in [3.63, 3.8) is 0 Å². The Hall–Kier alpha value is -2.80. The molecule has 2 aliphatic heterocycles. The van der Waals surface area contributed by atoms with Crippen LogP contribution in [0.4, 0.5) is 0 Å². The molecule has 1 aromatic carbocycles. The molecule has 2 heterocycles. The molecule has 4 rings (SSSR count). The van der Waals surface area contributed by atoms with Crippen LogP contribution in [0.3, 0.4) is 0 Å². The molecule has 3 aliphatic rings. The van der Waals surface area contributed by atoms with Gasteiger partial charge in [0.25, 0.3) is 0 Å². The van der Waals surface area contributed by atoms with Crippen LogP contribution in [0, 0.1) is 0 Å². The number of rotatable bonds is 6. The number of Topliss-reactive ketones (excluding diaryl/α,β-unsaturated/α-hetero) is 1. The number of allylic oxidation sites excluding steroid dienone is 3. The highest BCUT2D eigenvalue weighted by Crippen LogP contribution is 2.47. The largest absolute Gasteiger partial charge is 0.493 e. The van der Waals surface area contributed by atoms with Crippen LogP contribution < -0.4 is 14.8 Å². The van der Waals surface area contributed by atoms with Crippen LogP contribution in [0.5, 0.6) is 11.5 Å². The third kappa shape index (κ3) is 4.06. The summed E-state index contributed by atoms with van der Waals surface area (Å²) in [5, 5.41) is 3.31. The molecule has 1 aliphatic carbocycles. The van der Waals surface area contributed by atoms with Crippen LogP contribution in [0.25, 0.3) is 0 Å². The number of ketones is 1. The first-order valence-corrected chi connectivity index (χ1v) is 10.8. The maximum atomic E-state index is 13.3. The summed E-state index contributed by atoms with van der Waals surface area (Å²) in [6, 6.07) is 5.52. The summed E-state index contributed by atoms with van der Waals surface area (Å²) in [5.41, 5.74) is 3.33. The van der Waals surface area contributed by atoms with E-state index in [-0.39, 0.29) is 18.5 Å². The fourth-order valence-electron chi connectivity index (χ4n) is 4.73. The Morgan fingerprint density at radius 3 is 2.74 bits per heavy atom. The quantitative estimate of drug-likeness (QED) is 0.697. The van der Waals surface area contributed by atoms with E-state index in [0.717, 1.165) is 36.9 Å². The van der Waals surface area contributed by atoms with Crippen LogP contribution in [-0.4, -0.2) is 45.3 Å². The van der Waals surface area contributed by atoms with Gasteiger partial charge in [0.1, 0.15) is 6.61 Å². The molecule has 0 bridgehead atoms. The monoisotopic (exact) mass is 427 g/mol. The van der Waals surface area contributed by atoms with Crippen LogP contribution in [0.15, 0.2) is 40.7 Å². The molecule has 0 saturated carbocycles. The number of dihydropyridines is 1. The number of para-hydroxylation sites is 1. The van der Waals surface area contributed by atoms with E-state index >= 15 is 0 Å². The minimum atomic E-state index is -0.578. The SMILES string of the molecule is COc1cccc(C2C(C(=O)OCC3CCCO3)=C(C)NC3=C2C(=O)CCC3)c1OC. The van der Waals surface area contributed by atoms with Crippen LogP contribution in [0.1, 0.15) is 50.5 Å². The fourth-order valence-corrected chi connectivity index (χ4v) is 4.73. The van der Waals surface area contributed by atoms with E-state index in [1.54, 1.807) is 20.3 Å². The Kier molecular flexibility index (Phi) is 6.32. The van der Waals surface area contributed by atoms with Gasteiger partial charge in [0.15, 0.2) is 17.3 Å². The number of carbonyl (C=O) groups is 2. The van der Waals surface area contributed by atoms with Crippen molar-refractivity contribution in [1.82, 2.24) is 5.32 Å². The minimum Gasteiger partial charge on any atom is -0.493 e. The lowest BCUT2D eigenvalue weighted by molar-refractivity contribution is -0.142. The van der Waals surface area contributed by atoms with Crippen molar-refractivity contribution >= 4 is 11.8 Å². The van der Waals surface area contributed by atoms with Gasteiger partial charge in [0.05, 0.1) is 31.8 Å². The Balaban J connectivity index is 1.77. The van der Waals surface area contributed by atoms with E-state index in [0.29, 0.717) is 41.4 Å². The number of esters is 1. The first kappa shape index (κ1) is 21.4. The molecular formula is C24H29NO6. The molecule has 2 atom stereocenters. The predicted octanol–water partition coefficient (Wildman–Crippen LogP) is 3.39. The van der Waals surface area contributed by atoms with Gasteiger partial charge in [0, 0.05) is 35.6 Å². The van der Waals surface area contributed by atoms with Gasteiger partial charge >= 0.3 is 5.97 Å². The Bertz CT molecular complexity index is 941. The van der Waals surface area contributed by atoms with Crippen molar-refractivity contribution in [3.8, 4) is 11.5 Å². The highest BCUT2D eigenvalue weighted by Gasteiger charge is 2.41. The highest BCUT2D eigenvalue weighted by molar-refractivity contribution is 6.04. The summed E-state index contributed by atoms with van der Waals surface area (Å²) in [4.78, 5) is 26.3. The topological polar surface area (TPSA) is 83.1 Å². The van der Waals surface area contributed by atoms with Gasteiger partial charge in [-0.1, -0.05) is 12.1 Å². The Morgan fingerprint density at radius 2 is 2.03 bits per heavy atom. The Morgan fingerprint density at radius 1 is 1.19 bits per heavy atom. The van der Waals surface area contributed by atoms with Gasteiger partial charge in [-0.25, -0.2) is 4.79 Å². The van der Waals surface area contributed by atoms with Gasteiger partial charge < -0.3 is 24.3 Å². The fraction of sp³-hybridized carbons (Fsp3) is 0.500. The average molecular weight is 427 g/mol. The first-order valence-electron chi connectivity index (χ1n) is 10.8. The normalized spacial score (nSPS) is 23.4. The van der Waals surface area contributed by atoms with Crippen molar-refractivity contribution < 1.29 is 28.5 Å². The molecule has 1 aromatic rings. The molecule has 7 nitrogen and oxygen atoms in total. The third-order valence-electron chi connectivity index (χ3n) is 6.16. The minimum absolute atomic E-state index is 0.0422. The number of nitrogens with one attached hydrogen (secondary N) is 1. The molecule has 0 amide bonds. The summed E-state index contributed by atoms with van der Waals surface area (Å²) >= 11 is 0. The van der Waals surface area contributed by atoms with Crippen molar-refractivity contribution in [2.45, 2.75) is 51.0 Å². The summed E-state index contributed by atoms with van der Waals surface area (Å²) < 4.78 is 22.4. The lowest BCUT2D eigenvalue weighted by atomic mass is 9.75. The third-order valence-corrected chi connectivity index (χ3v) is 6.16. The first-order chi connectivity index (χ1) is 15.0. The van der Waals surface area contributed by atoms with Gasteiger partial charge in [-0.3, -0.25) is 4.79 Å². The van der Waals surface area contributed by atoms with Crippen LogP contribution in [-0.2, 0) is 19.1 Å². The molecule has 2 unspecified atom stereocenters. The predicted molar refractivity (Wildman–Crippen MR) is 114 cm³/mol. The number of methoxy groups -OCH3 is 2. The molecule has 0 spiro atoms. The van der Waals surface area contributed by atoms with Gasteiger partial charge in [-0.05, 0) is 38.7 Å². The molecule has 31 heavy (non-hydrogen) atoms. The highest BCUT2D eigenvalue weighted by atomic mass is 16.6. The zero-order valence-electron chi connectivity index (χ0n) is 18.3. The maximum absolute atomic E-state index is 13.3. The van der Waals surface area contributed by atoms with E-state index in [1.165, 1.54) is 0 Å². The molecule has 1 N–H and O–H groups in total. The van der Waals surface area contributed by atoms with E-state index in [4.69, 9.17) is 18.9 Å². The average Bonchev–Trinajstić information content (AvgIpc) is 3.29. The van der Waals surface area contributed by atoms with Crippen molar-refractivity contribution in [2.75, 3.05) is 27.4 Å². The van der Waals surface area contributed by atoms with Crippen molar-refractivity contribution in [3.05, 3.63) is 46.3 Å². The molecular weight excluding hydrogens is 398 g/mol. The van der Waals surface area contributed by atoms with Crippen molar-refractivity contribution in [2.24, 2.45) is 0 Å². The standard InChI is InChI=1S/C24H29NO6/c1-14-20(24(27)31-13-15-7-6-12-30-15)21(22-17(25-14)9-5-10-18(22)26)16-8-4-11-19(28-2)23(16)29-3/h4,8,11,15,21,25H,5-7,9-10,12-13H2,1-3H3. The smallest absolute Gasteiger partial charge is 0.336 e. The second-order valence-electron chi connectivity index (χ2n) is 8.08. The molecule has 7 heteroatoms. The number of carbonyl (C=O) groups excluding carboxylic acids is 2. The van der Waals surface area contributed by atoms with E-state index in [1.807, 2.05) is 19.1 Å². The lowest BCUT2D eigenvalue weighted by Gasteiger charge is -2.35. The summed E-state index contributed by atoms with van der Waals surface area (Å²) in [7, 11) is 3.13. The second kappa shape index (κ2) is 9.14. The zero-order chi connectivity index (χ0) is 22.0. The van der Waals surface area contributed by atoms with Crippen LogP contribution >= 0.6 is 0 Å². The number of ether oxygens (including phenoxy) is 4. The Labute approximate surface area is 182 Å². The lowest BCUT2D eigenvalue weighted by Crippen LogP contribution is -2.35. The molecule has 0 aromatic heterocycles. The molecule has 166 valence electrons. The number of hydrogen-bond acceptors (Lipinski definition) is 7. The van der Waals surface area contributed by atoms with Gasteiger partial charge in [-0.2, -0.15) is 0 Å². The van der Waals surface area contributed by atoms with E-state index < -0.39 is 11.9 Å². The summed E-state index contributed by atoms with van der Waals surface area (Å²) in [6.45, 7) is 2.75.